The van der Waals surface area contributed by atoms with Crippen LogP contribution in [0.3, 0.4) is 0 Å². The van der Waals surface area contributed by atoms with Crippen LogP contribution in [0.2, 0.25) is 0 Å². The topological polar surface area (TPSA) is 80.7 Å². The van der Waals surface area contributed by atoms with Gasteiger partial charge in [0, 0.05) is 18.3 Å². The molecule has 7 heteroatoms. The first-order valence-electron chi connectivity index (χ1n) is 11.0. The van der Waals surface area contributed by atoms with Gasteiger partial charge >= 0.3 is 5.97 Å². The molecule has 4 aliphatic rings. The number of carbonyl (C=O) groups is 3. The highest BCUT2D eigenvalue weighted by atomic mass is 79.9. The molecule has 0 amide bonds. The third-order valence-corrected chi connectivity index (χ3v) is 10.7. The monoisotopic (exact) mass is 496 g/mol. The minimum absolute atomic E-state index is 0.0132. The molecule has 0 aromatic heterocycles. The standard InChI is InChI=1S/C24H30BrFO5/c1-12-7-15-16-9-18(26)17-8-14(28)5-6-23(17,4)24(16,25)20(30)10-22(15,3)21(12)19(29)11-31-13(2)27/h5-6,8,12,15-16,18,20-21,30H,7,9-11H2,1-4H3/t12?,15?,16?,18?,20?,21?,22-,23-,24-/m0/s1. The van der Waals surface area contributed by atoms with Gasteiger partial charge in [0.25, 0.3) is 0 Å². The maximum Gasteiger partial charge on any atom is 0.303 e. The van der Waals surface area contributed by atoms with Gasteiger partial charge in [-0.2, -0.15) is 0 Å². The highest BCUT2D eigenvalue weighted by molar-refractivity contribution is 9.10. The van der Waals surface area contributed by atoms with Crippen molar-refractivity contribution in [1.29, 1.82) is 0 Å². The molecule has 4 aliphatic carbocycles. The summed E-state index contributed by atoms with van der Waals surface area (Å²) in [5, 5.41) is 11.5. The van der Waals surface area contributed by atoms with Gasteiger partial charge in [0.1, 0.15) is 12.8 Å². The Labute approximate surface area is 190 Å². The summed E-state index contributed by atoms with van der Waals surface area (Å²) in [4.78, 5) is 36.3. The van der Waals surface area contributed by atoms with Gasteiger partial charge in [0.15, 0.2) is 11.6 Å². The number of ether oxygens (including phenoxy) is 1. The SMILES string of the molecule is CC(=O)OCC(=O)C1C(C)CC2C3CC(F)C4=CC(=O)C=C[C@]4(C)[C@@]3(Br)C(O)C[C@@]21C. The smallest absolute Gasteiger partial charge is 0.303 e. The van der Waals surface area contributed by atoms with Crippen molar-refractivity contribution in [3.8, 4) is 0 Å². The van der Waals surface area contributed by atoms with E-state index in [1.165, 1.54) is 19.1 Å². The Hall–Kier alpha value is -1.34. The van der Waals surface area contributed by atoms with E-state index in [-0.39, 0.29) is 48.3 Å². The van der Waals surface area contributed by atoms with Crippen molar-refractivity contribution in [3.63, 3.8) is 0 Å². The van der Waals surface area contributed by atoms with Gasteiger partial charge in [-0.05, 0) is 60.2 Å². The third kappa shape index (κ3) is 3.05. The second kappa shape index (κ2) is 7.34. The fourth-order valence-corrected chi connectivity index (χ4v) is 8.55. The minimum Gasteiger partial charge on any atom is -0.458 e. The maximum absolute atomic E-state index is 15.5. The normalized spacial score (nSPS) is 48.4. The van der Waals surface area contributed by atoms with E-state index in [1.54, 1.807) is 6.08 Å². The number of halogens is 2. The second-order valence-corrected chi connectivity index (χ2v) is 11.7. The molecule has 0 heterocycles. The highest BCUT2D eigenvalue weighted by Gasteiger charge is 2.71. The Bertz CT molecular complexity index is 898. The molecule has 0 bridgehead atoms. The number of hydrogen-bond acceptors (Lipinski definition) is 5. The van der Waals surface area contributed by atoms with Gasteiger partial charge in [-0.3, -0.25) is 14.4 Å². The summed E-state index contributed by atoms with van der Waals surface area (Å²) in [5.41, 5.74) is -0.944. The molecule has 5 nitrogen and oxygen atoms in total. The zero-order valence-electron chi connectivity index (χ0n) is 18.4. The summed E-state index contributed by atoms with van der Waals surface area (Å²) < 4.78 is 19.6. The van der Waals surface area contributed by atoms with E-state index >= 15 is 4.39 Å². The molecule has 0 radical (unpaired) electrons. The molecule has 0 saturated heterocycles. The van der Waals surface area contributed by atoms with E-state index in [0.717, 1.165) is 6.42 Å². The number of alkyl halides is 2. The Kier molecular flexibility index (Phi) is 5.41. The number of aliphatic hydroxyl groups is 1. The van der Waals surface area contributed by atoms with Gasteiger partial charge < -0.3 is 9.84 Å². The minimum atomic E-state index is -1.28. The quantitative estimate of drug-likeness (QED) is 0.475. The predicted molar refractivity (Wildman–Crippen MR) is 116 cm³/mol. The van der Waals surface area contributed by atoms with E-state index < -0.39 is 33.4 Å². The van der Waals surface area contributed by atoms with Crippen LogP contribution in [0.25, 0.3) is 0 Å². The summed E-state index contributed by atoms with van der Waals surface area (Å²) in [5.74, 6) is -1.40. The largest absolute Gasteiger partial charge is 0.458 e. The van der Waals surface area contributed by atoms with Crippen LogP contribution in [0.4, 0.5) is 4.39 Å². The number of fused-ring (bicyclic) bond motifs is 5. The molecule has 9 atom stereocenters. The molecular weight excluding hydrogens is 467 g/mol. The summed E-state index contributed by atoms with van der Waals surface area (Å²) in [6.45, 7) is 6.94. The fraction of sp³-hybridized carbons (Fsp3) is 0.708. The first-order valence-corrected chi connectivity index (χ1v) is 11.8. The first kappa shape index (κ1) is 22.8. The number of esters is 1. The number of Topliss-reactive ketones (excluding diaryl/α,β-unsaturated/α-hetero) is 1. The molecule has 170 valence electrons. The van der Waals surface area contributed by atoms with Gasteiger partial charge in [-0.15, -0.1) is 0 Å². The predicted octanol–water partition coefficient (Wildman–Crippen LogP) is 3.73. The molecular formula is C24H30BrFO5. The van der Waals surface area contributed by atoms with Gasteiger partial charge in [-0.1, -0.05) is 42.8 Å². The Morgan fingerprint density at radius 3 is 2.61 bits per heavy atom. The number of aliphatic hydroxyl groups excluding tert-OH is 1. The van der Waals surface area contributed by atoms with Crippen molar-refractivity contribution in [3.05, 3.63) is 23.8 Å². The highest BCUT2D eigenvalue weighted by Crippen LogP contribution is 2.71. The number of rotatable bonds is 3. The zero-order chi connectivity index (χ0) is 22.9. The molecule has 3 fully saturated rings. The number of ketones is 2. The van der Waals surface area contributed by atoms with Crippen molar-refractivity contribution in [2.24, 2.45) is 34.5 Å². The van der Waals surface area contributed by atoms with E-state index in [2.05, 4.69) is 15.9 Å². The van der Waals surface area contributed by atoms with Crippen molar-refractivity contribution in [2.45, 2.75) is 63.6 Å². The molecule has 1 N–H and O–H groups in total. The lowest BCUT2D eigenvalue weighted by Gasteiger charge is -2.64. The van der Waals surface area contributed by atoms with Crippen molar-refractivity contribution in [2.75, 3.05) is 6.61 Å². The average Bonchev–Trinajstić information content (AvgIpc) is 2.94. The number of hydrogen-bond donors (Lipinski definition) is 1. The molecule has 3 saturated carbocycles. The van der Waals surface area contributed by atoms with Crippen molar-refractivity contribution in [1.82, 2.24) is 0 Å². The van der Waals surface area contributed by atoms with Gasteiger partial charge in [0.05, 0.1) is 10.4 Å². The zero-order valence-corrected chi connectivity index (χ0v) is 19.9. The van der Waals surface area contributed by atoms with Crippen molar-refractivity contribution < 1.29 is 28.6 Å². The molecule has 0 spiro atoms. The average molecular weight is 497 g/mol. The van der Waals surface area contributed by atoms with Crippen LogP contribution in [-0.2, 0) is 19.1 Å². The van der Waals surface area contributed by atoms with Crippen LogP contribution in [0, 0.1) is 34.5 Å². The van der Waals surface area contributed by atoms with E-state index in [4.69, 9.17) is 4.74 Å². The van der Waals surface area contributed by atoms with Crippen LogP contribution in [0.1, 0.15) is 47.0 Å². The third-order valence-electron chi connectivity index (χ3n) is 8.73. The summed E-state index contributed by atoms with van der Waals surface area (Å²) >= 11 is 3.90. The molecule has 0 aromatic carbocycles. The molecule has 6 unspecified atom stereocenters. The van der Waals surface area contributed by atoms with Crippen LogP contribution in [0.5, 0.6) is 0 Å². The summed E-state index contributed by atoms with van der Waals surface area (Å²) in [6.07, 6.45) is 3.78. The van der Waals surface area contributed by atoms with Gasteiger partial charge in [0.2, 0.25) is 0 Å². The molecule has 0 aliphatic heterocycles. The van der Waals surface area contributed by atoms with Crippen LogP contribution >= 0.6 is 15.9 Å². The number of carbonyl (C=O) groups excluding carboxylic acids is 3. The lowest BCUT2D eigenvalue weighted by atomic mass is 9.46. The molecule has 4 rings (SSSR count). The second-order valence-electron chi connectivity index (χ2n) is 10.4. The van der Waals surface area contributed by atoms with Crippen LogP contribution < -0.4 is 0 Å². The Morgan fingerprint density at radius 2 is 1.97 bits per heavy atom. The van der Waals surface area contributed by atoms with E-state index in [1.807, 2.05) is 20.8 Å². The number of allylic oxidation sites excluding steroid dienone is 4. The van der Waals surface area contributed by atoms with Crippen LogP contribution in [0.15, 0.2) is 23.8 Å². The summed E-state index contributed by atoms with van der Waals surface area (Å²) in [6, 6.07) is 0. The first-order chi connectivity index (χ1) is 14.4. The van der Waals surface area contributed by atoms with E-state index in [0.29, 0.717) is 12.0 Å². The fourth-order valence-electron chi connectivity index (χ4n) is 7.52. The lowest BCUT2D eigenvalue weighted by molar-refractivity contribution is -0.151. The maximum atomic E-state index is 15.5. The molecule has 31 heavy (non-hydrogen) atoms. The lowest BCUT2D eigenvalue weighted by Crippen LogP contribution is -2.67. The van der Waals surface area contributed by atoms with Gasteiger partial charge in [-0.25, -0.2) is 4.39 Å². The van der Waals surface area contributed by atoms with Crippen molar-refractivity contribution >= 4 is 33.5 Å². The molecule has 0 aromatic rings. The summed E-state index contributed by atoms with van der Waals surface area (Å²) in [7, 11) is 0. The Morgan fingerprint density at radius 1 is 1.29 bits per heavy atom. The van der Waals surface area contributed by atoms with E-state index in [9.17, 15) is 19.5 Å². The van der Waals surface area contributed by atoms with Crippen LogP contribution in [-0.4, -0.2) is 45.8 Å². The Balaban J connectivity index is 1.74.